The van der Waals surface area contributed by atoms with Crippen LogP contribution in [0.25, 0.3) is 0 Å². The Bertz CT molecular complexity index is 322. The van der Waals surface area contributed by atoms with Gasteiger partial charge in [0, 0.05) is 30.7 Å². The highest BCUT2D eigenvalue weighted by Gasteiger charge is 2.00. The van der Waals surface area contributed by atoms with Crippen molar-refractivity contribution in [3.63, 3.8) is 0 Å². The minimum absolute atomic E-state index is 0.0522. The zero-order chi connectivity index (χ0) is 9.68. The second kappa shape index (κ2) is 5.19. The van der Waals surface area contributed by atoms with Gasteiger partial charge >= 0.3 is 0 Å². The van der Waals surface area contributed by atoms with Gasteiger partial charge in [-0.15, -0.1) is 0 Å². The lowest BCUT2D eigenvalue weighted by Gasteiger charge is -2.05. The van der Waals surface area contributed by atoms with Crippen LogP contribution in [0.1, 0.15) is 5.56 Å². The van der Waals surface area contributed by atoms with Gasteiger partial charge in [-0.25, -0.2) is 0 Å². The van der Waals surface area contributed by atoms with Crippen molar-refractivity contribution in [2.24, 2.45) is 0 Å². The summed E-state index contributed by atoms with van der Waals surface area (Å²) in [7, 11) is 1.62. The van der Waals surface area contributed by atoms with E-state index in [1.165, 1.54) is 0 Å². The van der Waals surface area contributed by atoms with Crippen molar-refractivity contribution in [1.82, 2.24) is 4.57 Å². The summed E-state index contributed by atoms with van der Waals surface area (Å²) in [6.45, 7) is 1.17. The van der Waals surface area contributed by atoms with E-state index in [1.54, 1.807) is 17.9 Å². The maximum absolute atomic E-state index is 11.6. The Morgan fingerprint density at radius 2 is 2.38 bits per heavy atom. The van der Waals surface area contributed by atoms with Crippen molar-refractivity contribution in [3.05, 3.63) is 34.2 Å². The van der Waals surface area contributed by atoms with Gasteiger partial charge in [0.2, 0.25) is 0 Å². The van der Waals surface area contributed by atoms with Gasteiger partial charge in [0.05, 0.1) is 6.61 Å². The van der Waals surface area contributed by atoms with E-state index in [0.29, 0.717) is 18.5 Å². The van der Waals surface area contributed by atoms with Gasteiger partial charge in [-0.05, 0) is 6.07 Å². The quantitative estimate of drug-likeness (QED) is 0.752. The Kier molecular flexibility index (Phi) is 4.18. The van der Waals surface area contributed by atoms with E-state index in [9.17, 15) is 4.79 Å². The second-order valence-electron chi connectivity index (χ2n) is 2.66. The minimum Gasteiger partial charge on any atom is -0.383 e. The van der Waals surface area contributed by atoms with Crippen LogP contribution in [0.5, 0.6) is 0 Å². The largest absolute Gasteiger partial charge is 0.383 e. The standard InChI is InChI=1S/C9H12BrNO2/c1-13-6-5-11-4-2-3-8(7-10)9(11)12/h2-4H,5-7H2,1H3. The lowest BCUT2D eigenvalue weighted by Crippen LogP contribution is -2.23. The maximum Gasteiger partial charge on any atom is 0.254 e. The van der Waals surface area contributed by atoms with Gasteiger partial charge in [0.15, 0.2) is 0 Å². The first-order chi connectivity index (χ1) is 6.29. The van der Waals surface area contributed by atoms with Gasteiger partial charge < -0.3 is 9.30 Å². The maximum atomic E-state index is 11.6. The van der Waals surface area contributed by atoms with E-state index in [0.717, 1.165) is 5.56 Å². The average Bonchev–Trinajstić information content (AvgIpc) is 2.16. The molecule has 0 aliphatic heterocycles. The fourth-order valence-corrected chi connectivity index (χ4v) is 1.48. The number of alkyl halides is 1. The molecule has 0 amide bonds. The Labute approximate surface area is 85.5 Å². The summed E-state index contributed by atoms with van der Waals surface area (Å²) < 4.78 is 6.56. The normalized spacial score (nSPS) is 10.3. The number of hydrogen-bond donors (Lipinski definition) is 0. The van der Waals surface area contributed by atoms with Gasteiger partial charge in [-0.2, -0.15) is 0 Å². The molecule has 0 aliphatic carbocycles. The van der Waals surface area contributed by atoms with E-state index in [4.69, 9.17) is 4.74 Å². The van der Waals surface area contributed by atoms with Crippen LogP contribution in [0.4, 0.5) is 0 Å². The molecule has 1 rings (SSSR count). The van der Waals surface area contributed by atoms with E-state index in [-0.39, 0.29) is 5.56 Å². The molecule has 0 saturated carbocycles. The van der Waals surface area contributed by atoms with Crippen molar-refractivity contribution in [2.75, 3.05) is 13.7 Å². The van der Waals surface area contributed by atoms with Crippen LogP contribution in [0.3, 0.4) is 0 Å². The molecular weight excluding hydrogens is 234 g/mol. The van der Waals surface area contributed by atoms with Crippen molar-refractivity contribution >= 4 is 15.9 Å². The third kappa shape index (κ3) is 2.67. The van der Waals surface area contributed by atoms with Crippen molar-refractivity contribution < 1.29 is 4.74 Å². The Morgan fingerprint density at radius 3 is 3.00 bits per heavy atom. The van der Waals surface area contributed by atoms with Crippen LogP contribution in [0.15, 0.2) is 23.1 Å². The van der Waals surface area contributed by atoms with Crippen LogP contribution in [-0.4, -0.2) is 18.3 Å². The number of nitrogens with zero attached hydrogens (tertiary/aromatic N) is 1. The molecule has 0 radical (unpaired) electrons. The lowest BCUT2D eigenvalue weighted by atomic mass is 10.3. The van der Waals surface area contributed by atoms with Gasteiger partial charge in [0.25, 0.3) is 5.56 Å². The zero-order valence-corrected chi connectivity index (χ0v) is 9.08. The predicted molar refractivity (Wildman–Crippen MR) is 55.2 cm³/mol. The zero-order valence-electron chi connectivity index (χ0n) is 7.50. The average molecular weight is 246 g/mol. The molecule has 72 valence electrons. The van der Waals surface area contributed by atoms with E-state index >= 15 is 0 Å². The summed E-state index contributed by atoms with van der Waals surface area (Å²) in [4.78, 5) is 11.6. The third-order valence-electron chi connectivity index (χ3n) is 1.78. The van der Waals surface area contributed by atoms with E-state index in [1.807, 2.05) is 12.1 Å². The number of rotatable bonds is 4. The first-order valence-corrected chi connectivity index (χ1v) is 5.15. The predicted octanol–water partition coefficient (Wildman–Crippen LogP) is 1.39. The van der Waals surface area contributed by atoms with Crippen molar-refractivity contribution in [1.29, 1.82) is 0 Å². The molecule has 13 heavy (non-hydrogen) atoms. The monoisotopic (exact) mass is 245 g/mol. The van der Waals surface area contributed by atoms with Crippen LogP contribution in [0, 0.1) is 0 Å². The summed E-state index contributed by atoms with van der Waals surface area (Å²) >= 11 is 3.27. The molecule has 0 unspecified atom stereocenters. The summed E-state index contributed by atoms with van der Waals surface area (Å²) in [5.41, 5.74) is 0.829. The first kappa shape index (κ1) is 10.5. The van der Waals surface area contributed by atoms with E-state index in [2.05, 4.69) is 15.9 Å². The number of ether oxygens (including phenoxy) is 1. The minimum atomic E-state index is 0.0522. The van der Waals surface area contributed by atoms with Crippen molar-refractivity contribution in [3.8, 4) is 0 Å². The molecular formula is C9H12BrNO2. The summed E-state index contributed by atoms with van der Waals surface area (Å²) in [5, 5.41) is 0.597. The van der Waals surface area contributed by atoms with Crippen molar-refractivity contribution in [2.45, 2.75) is 11.9 Å². The summed E-state index contributed by atoms with van der Waals surface area (Å²) in [5.74, 6) is 0. The lowest BCUT2D eigenvalue weighted by molar-refractivity contribution is 0.186. The van der Waals surface area contributed by atoms with Crippen LogP contribution < -0.4 is 5.56 Å². The highest BCUT2D eigenvalue weighted by atomic mass is 79.9. The smallest absolute Gasteiger partial charge is 0.254 e. The van der Waals surface area contributed by atoms with Crippen LogP contribution >= 0.6 is 15.9 Å². The molecule has 0 aliphatic rings. The van der Waals surface area contributed by atoms with Gasteiger partial charge in [-0.1, -0.05) is 22.0 Å². The van der Waals surface area contributed by atoms with Gasteiger partial charge in [0.1, 0.15) is 0 Å². The second-order valence-corrected chi connectivity index (χ2v) is 3.22. The van der Waals surface area contributed by atoms with Crippen LogP contribution in [0.2, 0.25) is 0 Å². The fraction of sp³-hybridized carbons (Fsp3) is 0.444. The third-order valence-corrected chi connectivity index (χ3v) is 2.38. The Balaban J connectivity index is 2.88. The highest BCUT2D eigenvalue weighted by molar-refractivity contribution is 9.08. The molecule has 0 spiro atoms. The number of hydrogen-bond acceptors (Lipinski definition) is 2. The molecule has 0 saturated heterocycles. The number of halogens is 1. The molecule has 1 aromatic rings. The van der Waals surface area contributed by atoms with Crippen LogP contribution in [-0.2, 0) is 16.6 Å². The molecule has 0 fully saturated rings. The molecule has 1 aromatic heterocycles. The SMILES string of the molecule is COCCn1cccc(CBr)c1=O. The molecule has 1 heterocycles. The first-order valence-electron chi connectivity index (χ1n) is 4.03. The Morgan fingerprint density at radius 1 is 1.62 bits per heavy atom. The topological polar surface area (TPSA) is 31.2 Å². The molecule has 4 heteroatoms. The number of aromatic nitrogens is 1. The number of methoxy groups -OCH3 is 1. The Hall–Kier alpha value is -0.610. The molecule has 0 aromatic carbocycles. The van der Waals surface area contributed by atoms with Gasteiger partial charge in [-0.3, -0.25) is 4.79 Å². The highest BCUT2D eigenvalue weighted by Crippen LogP contribution is 1.98. The molecule has 0 N–H and O–H groups in total. The molecule has 3 nitrogen and oxygen atoms in total. The number of pyridine rings is 1. The fourth-order valence-electron chi connectivity index (χ4n) is 1.05. The summed E-state index contributed by atoms with van der Waals surface area (Å²) in [6.07, 6.45) is 1.77. The van der Waals surface area contributed by atoms with E-state index < -0.39 is 0 Å². The summed E-state index contributed by atoms with van der Waals surface area (Å²) in [6, 6.07) is 3.69. The molecule has 0 bridgehead atoms. The molecule has 0 atom stereocenters.